The normalized spacial score (nSPS) is 23.5. The molecule has 6 nitrogen and oxygen atoms in total. The Morgan fingerprint density at radius 1 is 1.21 bits per heavy atom. The lowest BCUT2D eigenvalue weighted by atomic mass is 9.82. The SMILES string of the molecule is Cc1nnc(CN=C(NC2CCCC2)N2CCC(C)(c3ccccc3)C2)n1C. The number of aryl methyl sites for hydroxylation is 1. The minimum absolute atomic E-state index is 0.167. The molecule has 28 heavy (non-hydrogen) atoms. The van der Waals surface area contributed by atoms with Crippen LogP contribution in [0.4, 0.5) is 0 Å². The highest BCUT2D eigenvalue weighted by molar-refractivity contribution is 5.81. The molecule has 150 valence electrons. The van der Waals surface area contributed by atoms with Crippen molar-refractivity contribution in [2.24, 2.45) is 12.0 Å². The van der Waals surface area contributed by atoms with Crippen LogP contribution in [0.2, 0.25) is 0 Å². The van der Waals surface area contributed by atoms with Gasteiger partial charge in [-0.15, -0.1) is 10.2 Å². The molecule has 1 unspecified atom stereocenters. The first kappa shape index (κ1) is 19.0. The van der Waals surface area contributed by atoms with E-state index in [1.54, 1.807) is 0 Å². The van der Waals surface area contributed by atoms with E-state index >= 15 is 0 Å². The van der Waals surface area contributed by atoms with Crippen LogP contribution in [0, 0.1) is 6.92 Å². The maximum Gasteiger partial charge on any atom is 0.194 e. The maximum atomic E-state index is 4.98. The van der Waals surface area contributed by atoms with Crippen LogP contribution in [-0.4, -0.2) is 44.8 Å². The van der Waals surface area contributed by atoms with Gasteiger partial charge in [0, 0.05) is 31.6 Å². The van der Waals surface area contributed by atoms with Gasteiger partial charge in [-0.25, -0.2) is 4.99 Å². The Labute approximate surface area is 168 Å². The molecular weight excluding hydrogens is 348 g/mol. The summed E-state index contributed by atoms with van der Waals surface area (Å²) >= 11 is 0. The number of hydrogen-bond acceptors (Lipinski definition) is 3. The van der Waals surface area contributed by atoms with Crippen LogP contribution < -0.4 is 5.32 Å². The fraction of sp³-hybridized carbons (Fsp3) is 0.591. The molecule has 1 aliphatic heterocycles. The van der Waals surface area contributed by atoms with Gasteiger partial charge in [0.25, 0.3) is 0 Å². The van der Waals surface area contributed by atoms with Crippen LogP contribution in [0.5, 0.6) is 0 Å². The van der Waals surface area contributed by atoms with E-state index in [1.807, 2.05) is 18.5 Å². The molecule has 1 aromatic heterocycles. The van der Waals surface area contributed by atoms with Crippen molar-refractivity contribution in [1.29, 1.82) is 0 Å². The summed E-state index contributed by atoms with van der Waals surface area (Å²) in [5, 5.41) is 12.2. The lowest BCUT2D eigenvalue weighted by Gasteiger charge is -2.28. The van der Waals surface area contributed by atoms with Gasteiger partial charge in [-0.05, 0) is 31.7 Å². The minimum Gasteiger partial charge on any atom is -0.353 e. The van der Waals surface area contributed by atoms with Crippen LogP contribution in [0.25, 0.3) is 0 Å². The largest absolute Gasteiger partial charge is 0.353 e. The summed E-state index contributed by atoms with van der Waals surface area (Å²) in [4.78, 5) is 7.42. The van der Waals surface area contributed by atoms with Crippen molar-refractivity contribution in [1.82, 2.24) is 25.0 Å². The summed E-state index contributed by atoms with van der Waals surface area (Å²) < 4.78 is 2.02. The Morgan fingerprint density at radius 3 is 2.64 bits per heavy atom. The van der Waals surface area contributed by atoms with E-state index in [0.29, 0.717) is 12.6 Å². The molecule has 2 heterocycles. The predicted octanol–water partition coefficient (Wildman–Crippen LogP) is 3.18. The molecule has 2 aliphatic rings. The molecule has 1 saturated carbocycles. The number of hydrogen-bond donors (Lipinski definition) is 1. The molecule has 4 rings (SSSR count). The Kier molecular flexibility index (Phi) is 5.38. The second-order valence-electron chi connectivity index (χ2n) is 8.59. The van der Waals surface area contributed by atoms with Crippen molar-refractivity contribution in [2.45, 2.75) is 64.0 Å². The first-order chi connectivity index (χ1) is 13.5. The lowest BCUT2D eigenvalue weighted by Crippen LogP contribution is -2.45. The van der Waals surface area contributed by atoms with Crippen LogP contribution in [-0.2, 0) is 19.0 Å². The van der Waals surface area contributed by atoms with Gasteiger partial charge in [0.1, 0.15) is 12.4 Å². The number of guanidine groups is 1. The molecule has 1 aliphatic carbocycles. The molecule has 0 amide bonds. The molecule has 0 spiro atoms. The Hall–Kier alpha value is -2.37. The molecular formula is C22H32N6. The molecule has 0 radical (unpaired) electrons. The first-order valence-electron chi connectivity index (χ1n) is 10.5. The Morgan fingerprint density at radius 2 is 1.96 bits per heavy atom. The van der Waals surface area contributed by atoms with E-state index in [4.69, 9.17) is 4.99 Å². The van der Waals surface area contributed by atoms with Gasteiger partial charge in [0.15, 0.2) is 11.8 Å². The standard InChI is InChI=1S/C22H32N6/c1-17-25-26-20(27(17)3)15-23-21(24-19-11-7-8-12-19)28-14-13-22(2,16-28)18-9-5-4-6-10-18/h4-6,9-10,19H,7-8,11-16H2,1-3H3,(H,23,24). The smallest absolute Gasteiger partial charge is 0.194 e. The van der Waals surface area contributed by atoms with Gasteiger partial charge in [0.2, 0.25) is 0 Å². The van der Waals surface area contributed by atoms with Crippen molar-refractivity contribution in [3.8, 4) is 0 Å². The number of likely N-dealkylation sites (tertiary alicyclic amines) is 1. The molecule has 1 aromatic carbocycles. The van der Waals surface area contributed by atoms with E-state index in [2.05, 4.69) is 57.7 Å². The van der Waals surface area contributed by atoms with Gasteiger partial charge in [-0.1, -0.05) is 50.1 Å². The van der Waals surface area contributed by atoms with Gasteiger partial charge in [-0.2, -0.15) is 0 Å². The molecule has 6 heteroatoms. The van der Waals surface area contributed by atoms with Crippen molar-refractivity contribution in [2.75, 3.05) is 13.1 Å². The minimum atomic E-state index is 0.167. The quantitative estimate of drug-likeness (QED) is 0.654. The summed E-state index contributed by atoms with van der Waals surface area (Å²) in [5.41, 5.74) is 1.59. The number of aliphatic imine (C=N–C) groups is 1. The van der Waals surface area contributed by atoms with Crippen LogP contribution >= 0.6 is 0 Å². The summed E-state index contributed by atoms with van der Waals surface area (Å²) in [6.45, 7) is 6.94. The summed E-state index contributed by atoms with van der Waals surface area (Å²) in [6.07, 6.45) is 6.26. The average molecular weight is 381 g/mol. The number of rotatable bonds is 4. The lowest BCUT2D eigenvalue weighted by molar-refractivity contribution is 0.427. The highest BCUT2D eigenvalue weighted by Crippen LogP contribution is 2.34. The third-order valence-electron chi connectivity index (χ3n) is 6.48. The number of aromatic nitrogens is 3. The fourth-order valence-electron chi connectivity index (χ4n) is 4.44. The molecule has 2 fully saturated rings. The zero-order valence-corrected chi connectivity index (χ0v) is 17.4. The first-order valence-corrected chi connectivity index (χ1v) is 10.5. The molecule has 2 aromatic rings. The maximum absolute atomic E-state index is 4.98. The third kappa shape index (κ3) is 3.91. The predicted molar refractivity (Wildman–Crippen MR) is 112 cm³/mol. The third-order valence-corrected chi connectivity index (χ3v) is 6.48. The Balaban J connectivity index is 1.53. The summed E-state index contributed by atoms with van der Waals surface area (Å²) in [7, 11) is 2.01. The topological polar surface area (TPSA) is 58.3 Å². The van der Waals surface area contributed by atoms with Crippen LogP contribution in [0.1, 0.15) is 56.2 Å². The monoisotopic (exact) mass is 380 g/mol. The second-order valence-corrected chi connectivity index (χ2v) is 8.59. The molecule has 1 saturated heterocycles. The average Bonchev–Trinajstić information content (AvgIpc) is 3.43. The van der Waals surface area contributed by atoms with E-state index < -0.39 is 0 Å². The van der Waals surface area contributed by atoms with Crippen molar-refractivity contribution >= 4 is 5.96 Å². The molecule has 1 N–H and O–H groups in total. The van der Waals surface area contributed by atoms with Gasteiger partial charge >= 0.3 is 0 Å². The second kappa shape index (κ2) is 7.94. The van der Waals surface area contributed by atoms with E-state index in [0.717, 1.165) is 37.1 Å². The van der Waals surface area contributed by atoms with E-state index in [-0.39, 0.29) is 5.41 Å². The fourth-order valence-corrected chi connectivity index (χ4v) is 4.44. The van der Waals surface area contributed by atoms with E-state index in [1.165, 1.54) is 31.2 Å². The number of benzene rings is 1. The summed E-state index contributed by atoms with van der Waals surface area (Å²) in [5.74, 6) is 2.87. The Bertz CT molecular complexity index is 821. The van der Waals surface area contributed by atoms with Crippen molar-refractivity contribution < 1.29 is 0 Å². The van der Waals surface area contributed by atoms with Gasteiger partial charge in [-0.3, -0.25) is 0 Å². The molecule has 1 atom stereocenters. The van der Waals surface area contributed by atoms with Crippen LogP contribution in [0.3, 0.4) is 0 Å². The van der Waals surface area contributed by atoms with Crippen LogP contribution in [0.15, 0.2) is 35.3 Å². The van der Waals surface area contributed by atoms with Gasteiger partial charge in [0.05, 0.1) is 0 Å². The highest BCUT2D eigenvalue weighted by atomic mass is 15.3. The van der Waals surface area contributed by atoms with Crippen molar-refractivity contribution in [3.63, 3.8) is 0 Å². The number of nitrogens with one attached hydrogen (secondary N) is 1. The summed E-state index contributed by atoms with van der Waals surface area (Å²) in [6, 6.07) is 11.4. The number of nitrogens with zero attached hydrogens (tertiary/aromatic N) is 5. The molecule has 0 bridgehead atoms. The zero-order valence-electron chi connectivity index (χ0n) is 17.4. The highest BCUT2D eigenvalue weighted by Gasteiger charge is 2.37. The van der Waals surface area contributed by atoms with E-state index in [9.17, 15) is 0 Å². The zero-order chi connectivity index (χ0) is 19.6. The van der Waals surface area contributed by atoms with Gasteiger partial charge < -0.3 is 14.8 Å². The van der Waals surface area contributed by atoms with Crippen molar-refractivity contribution in [3.05, 3.63) is 47.5 Å².